The maximum absolute atomic E-state index is 13.9. The molecule has 0 aromatic carbocycles. The molecule has 0 bridgehead atoms. The minimum atomic E-state index is -4.29. The summed E-state index contributed by atoms with van der Waals surface area (Å²) in [6.45, 7) is 3.50. The average Bonchev–Trinajstić information content (AvgIpc) is 2.83. The Morgan fingerprint density at radius 1 is 1.08 bits per heavy atom. The van der Waals surface area contributed by atoms with E-state index in [4.69, 9.17) is 14.2 Å². The van der Waals surface area contributed by atoms with Crippen LogP contribution in [0.25, 0.3) is 0 Å². The molecule has 3 rings (SSSR count). The molecule has 0 aliphatic carbocycles. The van der Waals surface area contributed by atoms with E-state index in [2.05, 4.69) is 25.3 Å². The fourth-order valence-corrected chi connectivity index (χ4v) is 4.57. The molecule has 0 atom stereocenters. The molecule has 0 aliphatic heterocycles. The number of rotatable bonds is 12. The average molecular weight is 525 g/mol. The largest absolute Gasteiger partial charge is 0.480 e. The number of sulfonamides is 1. The van der Waals surface area contributed by atoms with E-state index in [0.29, 0.717) is 12.3 Å². The van der Waals surface area contributed by atoms with Crippen LogP contribution in [0.2, 0.25) is 0 Å². The van der Waals surface area contributed by atoms with E-state index >= 15 is 0 Å². The molecule has 3 aromatic heterocycles. The Kier molecular flexibility index (Phi) is 8.88. The lowest BCUT2D eigenvalue weighted by molar-refractivity contribution is 0.208. The highest BCUT2D eigenvalue weighted by Crippen LogP contribution is 2.29. The number of methoxy groups -OCH3 is 2. The van der Waals surface area contributed by atoms with Gasteiger partial charge in [-0.2, -0.15) is 9.97 Å². The van der Waals surface area contributed by atoms with Crippen LogP contribution in [0.5, 0.6) is 11.8 Å². The van der Waals surface area contributed by atoms with Crippen molar-refractivity contribution >= 4 is 21.8 Å². The van der Waals surface area contributed by atoms with E-state index in [9.17, 15) is 17.2 Å². The Morgan fingerprint density at radius 2 is 1.81 bits per heavy atom. The molecule has 0 aliphatic rings. The van der Waals surface area contributed by atoms with E-state index in [1.807, 2.05) is 0 Å². The first-order valence-electron chi connectivity index (χ1n) is 10.8. The van der Waals surface area contributed by atoms with Crippen molar-refractivity contribution in [3.63, 3.8) is 0 Å². The molecule has 0 fully saturated rings. The number of halogens is 2. The second-order valence-electron chi connectivity index (χ2n) is 7.29. The van der Waals surface area contributed by atoms with E-state index in [1.54, 1.807) is 19.9 Å². The van der Waals surface area contributed by atoms with Gasteiger partial charge in [0.25, 0.3) is 10.0 Å². The van der Waals surface area contributed by atoms with Gasteiger partial charge in [0, 0.05) is 31.0 Å². The van der Waals surface area contributed by atoms with Crippen molar-refractivity contribution < 1.29 is 31.4 Å². The molecule has 0 saturated heterocycles. The molecule has 36 heavy (non-hydrogen) atoms. The second-order valence-corrected chi connectivity index (χ2v) is 9.12. The van der Waals surface area contributed by atoms with Crippen molar-refractivity contribution in [3.8, 4) is 11.8 Å². The highest BCUT2D eigenvalue weighted by Gasteiger charge is 2.31. The second kappa shape index (κ2) is 11.9. The summed E-state index contributed by atoms with van der Waals surface area (Å²) in [5.74, 6) is -1.65. The summed E-state index contributed by atoms with van der Waals surface area (Å²) in [6.07, 6.45) is 1.78. The van der Waals surface area contributed by atoms with Gasteiger partial charge in [-0.3, -0.25) is 4.98 Å². The molecule has 0 amide bonds. The quantitative estimate of drug-likeness (QED) is 0.378. The molecule has 194 valence electrons. The zero-order valence-corrected chi connectivity index (χ0v) is 21.0. The first kappa shape index (κ1) is 26.9. The van der Waals surface area contributed by atoms with Crippen molar-refractivity contribution in [2.75, 3.05) is 43.6 Å². The van der Waals surface area contributed by atoms with Gasteiger partial charge in [0.05, 0.1) is 39.3 Å². The molecule has 0 radical (unpaired) electrons. The molecule has 14 heteroatoms. The van der Waals surface area contributed by atoms with Gasteiger partial charge in [0.2, 0.25) is 17.7 Å². The third-order valence-electron chi connectivity index (χ3n) is 4.82. The standard InChI is InChI=1S/C22H26F2N6O5S/c1-5-35-20-10-14(2)27-22(29-20)30(8-9-33-3)36(31,32)18-6-7-19(28-21(18)34-4)26-11-15-16(23)12-25-13-17(15)24/h6-7,10,12-13H,5,8-9,11H2,1-4H3,(H,26,28). The molecule has 1 N–H and O–H groups in total. The Labute approximate surface area is 207 Å². The molecule has 0 spiro atoms. The fraction of sp³-hybridized carbons (Fsp3) is 0.364. The molecular weight excluding hydrogens is 498 g/mol. The van der Waals surface area contributed by atoms with Crippen LogP contribution >= 0.6 is 0 Å². The van der Waals surface area contributed by atoms with Crippen LogP contribution in [0, 0.1) is 18.6 Å². The van der Waals surface area contributed by atoms with Crippen molar-refractivity contribution in [2.45, 2.75) is 25.3 Å². The topological polar surface area (TPSA) is 129 Å². The fourth-order valence-electron chi connectivity index (χ4n) is 3.13. The molecule has 11 nitrogen and oxygen atoms in total. The van der Waals surface area contributed by atoms with Gasteiger partial charge >= 0.3 is 0 Å². The van der Waals surface area contributed by atoms with E-state index in [0.717, 1.165) is 16.7 Å². The van der Waals surface area contributed by atoms with Crippen molar-refractivity contribution in [2.24, 2.45) is 0 Å². The van der Waals surface area contributed by atoms with E-state index < -0.39 is 21.7 Å². The van der Waals surface area contributed by atoms with Gasteiger partial charge in [-0.25, -0.2) is 26.5 Å². The minimum Gasteiger partial charge on any atom is -0.480 e. The predicted octanol–water partition coefficient (Wildman–Crippen LogP) is 2.71. The van der Waals surface area contributed by atoms with Crippen LogP contribution in [-0.2, 0) is 21.3 Å². The zero-order valence-electron chi connectivity index (χ0n) is 20.2. The number of aromatic nitrogens is 4. The van der Waals surface area contributed by atoms with Crippen LogP contribution in [0.4, 0.5) is 20.5 Å². The summed E-state index contributed by atoms with van der Waals surface area (Å²) in [5, 5.41) is 2.75. The Bertz CT molecular complexity index is 1290. The maximum Gasteiger partial charge on any atom is 0.272 e. The number of nitrogens with zero attached hydrogens (tertiary/aromatic N) is 5. The van der Waals surface area contributed by atoms with Crippen LogP contribution in [0.15, 0.2) is 35.5 Å². The summed E-state index contributed by atoms with van der Waals surface area (Å²) in [5.41, 5.74) is 0.260. The highest BCUT2D eigenvalue weighted by molar-refractivity contribution is 7.93. The molecular formula is C22H26F2N6O5S. The number of pyridine rings is 2. The molecule has 0 unspecified atom stereocenters. The van der Waals surface area contributed by atoms with Crippen LogP contribution < -0.4 is 19.1 Å². The lowest BCUT2D eigenvalue weighted by Gasteiger charge is -2.23. The predicted molar refractivity (Wildman–Crippen MR) is 127 cm³/mol. The summed E-state index contributed by atoms with van der Waals surface area (Å²) >= 11 is 0. The number of nitrogens with one attached hydrogen (secondary N) is 1. The van der Waals surface area contributed by atoms with Crippen molar-refractivity contribution in [3.05, 3.63) is 53.5 Å². The molecule has 3 heterocycles. The highest BCUT2D eigenvalue weighted by atomic mass is 32.2. The SMILES string of the molecule is CCOc1cc(C)nc(N(CCOC)S(=O)(=O)c2ccc(NCc3c(F)cncc3F)nc2OC)n1. The zero-order chi connectivity index (χ0) is 26.3. The van der Waals surface area contributed by atoms with Gasteiger partial charge in [-0.1, -0.05) is 0 Å². The number of anilines is 2. The number of hydrogen-bond donors (Lipinski definition) is 1. The van der Waals surface area contributed by atoms with Gasteiger partial charge in [-0.05, 0) is 26.0 Å². The Morgan fingerprint density at radius 3 is 2.44 bits per heavy atom. The third-order valence-corrected chi connectivity index (χ3v) is 6.61. The van der Waals surface area contributed by atoms with Crippen molar-refractivity contribution in [1.29, 1.82) is 0 Å². The molecule has 0 saturated carbocycles. The van der Waals surface area contributed by atoms with Gasteiger partial charge in [-0.15, -0.1) is 0 Å². The summed E-state index contributed by atoms with van der Waals surface area (Å²) in [7, 11) is -1.60. The Balaban J connectivity index is 1.96. The number of ether oxygens (including phenoxy) is 3. The first-order chi connectivity index (χ1) is 17.2. The smallest absolute Gasteiger partial charge is 0.272 e. The van der Waals surface area contributed by atoms with Gasteiger partial charge in [0.1, 0.15) is 22.3 Å². The van der Waals surface area contributed by atoms with E-state index in [1.165, 1.54) is 26.4 Å². The lowest BCUT2D eigenvalue weighted by Crippen LogP contribution is -2.36. The van der Waals surface area contributed by atoms with Gasteiger partial charge < -0.3 is 19.5 Å². The van der Waals surface area contributed by atoms with Crippen LogP contribution in [-0.4, -0.2) is 62.3 Å². The van der Waals surface area contributed by atoms with Crippen LogP contribution in [0.1, 0.15) is 18.2 Å². The van der Waals surface area contributed by atoms with Crippen molar-refractivity contribution in [1.82, 2.24) is 19.9 Å². The number of hydrogen-bond acceptors (Lipinski definition) is 10. The lowest BCUT2D eigenvalue weighted by atomic mass is 10.2. The summed E-state index contributed by atoms with van der Waals surface area (Å²) in [6, 6.07) is 4.20. The third kappa shape index (κ3) is 6.12. The summed E-state index contributed by atoms with van der Waals surface area (Å²) in [4.78, 5) is 15.8. The monoisotopic (exact) mass is 524 g/mol. The summed E-state index contributed by atoms with van der Waals surface area (Å²) < 4.78 is 71.8. The Hall–Kier alpha value is -3.65. The maximum atomic E-state index is 13.9. The molecule has 3 aromatic rings. The minimum absolute atomic E-state index is 0.0545. The van der Waals surface area contributed by atoms with Crippen LogP contribution in [0.3, 0.4) is 0 Å². The van der Waals surface area contributed by atoms with E-state index in [-0.39, 0.29) is 53.7 Å². The van der Waals surface area contributed by atoms with Gasteiger partial charge in [0.15, 0.2) is 0 Å². The first-order valence-corrected chi connectivity index (χ1v) is 12.2. The number of aryl methyl sites for hydroxylation is 1. The normalized spacial score (nSPS) is 11.3.